The number of aromatic nitrogens is 2. The van der Waals surface area contributed by atoms with E-state index in [1.807, 2.05) is 13.8 Å². The minimum absolute atomic E-state index is 0.0506. The van der Waals surface area contributed by atoms with Crippen molar-refractivity contribution in [2.75, 3.05) is 0 Å². The van der Waals surface area contributed by atoms with Gasteiger partial charge in [0, 0.05) is 12.1 Å². The molecule has 0 fully saturated rings. The van der Waals surface area contributed by atoms with Crippen LogP contribution in [0.2, 0.25) is 0 Å². The molecule has 1 aromatic heterocycles. The summed E-state index contributed by atoms with van der Waals surface area (Å²) < 4.78 is 0. The molecule has 2 heterocycles. The van der Waals surface area contributed by atoms with Crippen molar-refractivity contribution in [2.24, 2.45) is 5.92 Å². The van der Waals surface area contributed by atoms with Crippen LogP contribution in [0.4, 0.5) is 4.79 Å². The lowest BCUT2D eigenvalue weighted by molar-refractivity contribution is -0.144. The third-order valence-corrected chi connectivity index (χ3v) is 3.20. The predicted octanol–water partition coefficient (Wildman–Crippen LogP) is 1.10. The van der Waals surface area contributed by atoms with Crippen LogP contribution in [0.25, 0.3) is 0 Å². The number of carbonyl (C=O) groups is 2. The Balaban J connectivity index is 2.51. The van der Waals surface area contributed by atoms with E-state index in [4.69, 9.17) is 0 Å². The van der Waals surface area contributed by atoms with Gasteiger partial charge in [0.25, 0.3) is 0 Å². The van der Waals surface area contributed by atoms with Crippen LogP contribution in [0.1, 0.15) is 31.3 Å². The van der Waals surface area contributed by atoms with Crippen LogP contribution < -0.4 is 0 Å². The fourth-order valence-electron chi connectivity index (χ4n) is 2.46. The van der Waals surface area contributed by atoms with Gasteiger partial charge < -0.3 is 15.2 Å². The van der Waals surface area contributed by atoms with E-state index in [1.165, 1.54) is 6.33 Å². The number of hydrogen-bond acceptors (Lipinski definition) is 3. The zero-order valence-electron chi connectivity index (χ0n) is 10.1. The first-order chi connectivity index (χ1) is 8.43. The number of aromatic amines is 1. The van der Waals surface area contributed by atoms with Crippen LogP contribution in [0.5, 0.6) is 0 Å². The third kappa shape index (κ3) is 1.81. The maximum absolute atomic E-state index is 11.3. The van der Waals surface area contributed by atoms with Crippen molar-refractivity contribution in [3.63, 3.8) is 0 Å². The van der Waals surface area contributed by atoms with Crippen molar-refractivity contribution in [1.82, 2.24) is 14.9 Å². The van der Waals surface area contributed by atoms with Crippen LogP contribution in [-0.4, -0.2) is 43.2 Å². The number of nitrogens with one attached hydrogen (secondary N) is 1. The molecule has 3 N–H and O–H groups in total. The number of nitrogens with zero attached hydrogens (tertiary/aromatic N) is 2. The molecule has 98 valence electrons. The van der Waals surface area contributed by atoms with Crippen LogP contribution >= 0.6 is 0 Å². The van der Waals surface area contributed by atoms with Gasteiger partial charge in [-0.25, -0.2) is 14.6 Å². The van der Waals surface area contributed by atoms with Crippen LogP contribution in [-0.2, 0) is 11.2 Å². The monoisotopic (exact) mass is 253 g/mol. The normalized spacial score (nSPS) is 22.9. The first-order valence-electron chi connectivity index (χ1n) is 5.69. The van der Waals surface area contributed by atoms with Crippen LogP contribution in [0.3, 0.4) is 0 Å². The minimum Gasteiger partial charge on any atom is -0.480 e. The molecule has 18 heavy (non-hydrogen) atoms. The molecule has 7 heteroatoms. The number of rotatable bonds is 2. The van der Waals surface area contributed by atoms with Gasteiger partial charge in [0.2, 0.25) is 0 Å². The molecule has 0 aliphatic carbocycles. The van der Waals surface area contributed by atoms with Crippen LogP contribution in [0.15, 0.2) is 6.33 Å². The van der Waals surface area contributed by atoms with E-state index >= 15 is 0 Å². The Kier molecular flexibility index (Phi) is 2.98. The van der Waals surface area contributed by atoms with Gasteiger partial charge in [-0.3, -0.25) is 4.90 Å². The van der Waals surface area contributed by atoms with Gasteiger partial charge in [-0.05, 0) is 5.92 Å². The Labute approximate surface area is 103 Å². The summed E-state index contributed by atoms with van der Waals surface area (Å²) in [5.74, 6) is -1.19. The molecule has 2 unspecified atom stereocenters. The van der Waals surface area contributed by atoms with Gasteiger partial charge in [-0.2, -0.15) is 0 Å². The molecule has 1 amide bonds. The smallest absolute Gasteiger partial charge is 0.408 e. The van der Waals surface area contributed by atoms with E-state index in [-0.39, 0.29) is 12.3 Å². The van der Waals surface area contributed by atoms with Gasteiger partial charge in [-0.1, -0.05) is 13.8 Å². The van der Waals surface area contributed by atoms with E-state index in [9.17, 15) is 19.8 Å². The maximum atomic E-state index is 11.3. The molecule has 2 rings (SSSR count). The Morgan fingerprint density at radius 2 is 2.17 bits per heavy atom. The summed E-state index contributed by atoms with van der Waals surface area (Å²) in [6, 6.07) is -1.60. The Morgan fingerprint density at radius 1 is 1.50 bits per heavy atom. The lowest BCUT2D eigenvalue weighted by Gasteiger charge is -2.39. The zero-order chi connectivity index (χ0) is 13.4. The molecule has 1 aliphatic rings. The van der Waals surface area contributed by atoms with Crippen molar-refractivity contribution in [3.05, 3.63) is 17.7 Å². The van der Waals surface area contributed by atoms with E-state index in [1.54, 1.807) is 0 Å². The second kappa shape index (κ2) is 4.32. The SMILES string of the molecule is CC(C)C1c2nc[nH]c2CC(C(=O)O)N1C(=O)O. The molecule has 0 saturated carbocycles. The maximum Gasteiger partial charge on any atom is 0.408 e. The molecular formula is C11H15N3O4. The second-order valence-electron chi connectivity index (χ2n) is 4.70. The topological polar surface area (TPSA) is 107 Å². The highest BCUT2D eigenvalue weighted by molar-refractivity contribution is 5.80. The molecule has 0 bridgehead atoms. The lowest BCUT2D eigenvalue weighted by atomic mass is 9.89. The first kappa shape index (κ1) is 12.4. The quantitative estimate of drug-likeness (QED) is 0.731. The summed E-state index contributed by atoms with van der Waals surface area (Å²) in [6.07, 6.45) is 0.375. The number of amides is 1. The summed E-state index contributed by atoms with van der Waals surface area (Å²) in [5, 5.41) is 18.4. The molecule has 2 atom stereocenters. The number of imidazole rings is 1. The van der Waals surface area contributed by atoms with E-state index in [2.05, 4.69) is 9.97 Å². The third-order valence-electron chi connectivity index (χ3n) is 3.20. The summed E-state index contributed by atoms with van der Waals surface area (Å²) >= 11 is 0. The summed E-state index contributed by atoms with van der Waals surface area (Å²) in [5.41, 5.74) is 1.34. The van der Waals surface area contributed by atoms with Crippen molar-refractivity contribution < 1.29 is 19.8 Å². The molecule has 1 aliphatic heterocycles. The summed E-state index contributed by atoms with van der Waals surface area (Å²) in [6.45, 7) is 3.70. The average molecular weight is 253 g/mol. The van der Waals surface area contributed by atoms with Crippen molar-refractivity contribution in [3.8, 4) is 0 Å². The van der Waals surface area contributed by atoms with Gasteiger partial charge in [0.15, 0.2) is 0 Å². The number of fused-ring (bicyclic) bond motifs is 1. The molecule has 0 saturated heterocycles. The van der Waals surface area contributed by atoms with Crippen molar-refractivity contribution >= 4 is 12.1 Å². The standard InChI is InChI=1S/C11H15N3O4/c1-5(2)9-8-6(12-4-13-8)3-7(10(15)16)14(9)11(17)18/h4-5,7,9H,3H2,1-2H3,(H,12,13)(H,15,16)(H,17,18). The fourth-order valence-corrected chi connectivity index (χ4v) is 2.46. The molecule has 0 spiro atoms. The second-order valence-corrected chi connectivity index (χ2v) is 4.70. The van der Waals surface area contributed by atoms with E-state index < -0.39 is 24.1 Å². The van der Waals surface area contributed by atoms with Gasteiger partial charge in [0.05, 0.1) is 18.1 Å². The molecule has 0 aromatic carbocycles. The Bertz CT molecular complexity index is 482. The largest absolute Gasteiger partial charge is 0.480 e. The number of hydrogen-bond donors (Lipinski definition) is 3. The number of carboxylic acid groups (broad SMARTS) is 2. The fraction of sp³-hybridized carbons (Fsp3) is 0.545. The van der Waals surface area contributed by atoms with Crippen molar-refractivity contribution in [1.29, 1.82) is 0 Å². The number of aliphatic carboxylic acids is 1. The van der Waals surface area contributed by atoms with Gasteiger partial charge >= 0.3 is 12.1 Å². The average Bonchev–Trinajstić information content (AvgIpc) is 2.72. The number of H-pyrrole nitrogens is 1. The highest BCUT2D eigenvalue weighted by Gasteiger charge is 2.43. The van der Waals surface area contributed by atoms with E-state index in [0.29, 0.717) is 11.4 Å². The Morgan fingerprint density at radius 3 is 2.67 bits per heavy atom. The zero-order valence-corrected chi connectivity index (χ0v) is 10.1. The van der Waals surface area contributed by atoms with E-state index in [0.717, 1.165) is 4.90 Å². The molecule has 0 radical (unpaired) electrons. The first-order valence-corrected chi connectivity index (χ1v) is 5.69. The van der Waals surface area contributed by atoms with Crippen molar-refractivity contribution in [2.45, 2.75) is 32.4 Å². The highest BCUT2D eigenvalue weighted by Crippen LogP contribution is 2.36. The molecular weight excluding hydrogens is 238 g/mol. The minimum atomic E-state index is -1.23. The highest BCUT2D eigenvalue weighted by atomic mass is 16.4. The summed E-state index contributed by atoms with van der Waals surface area (Å²) in [4.78, 5) is 30.6. The molecule has 7 nitrogen and oxygen atoms in total. The van der Waals surface area contributed by atoms with Gasteiger partial charge in [-0.15, -0.1) is 0 Å². The summed E-state index contributed by atoms with van der Waals surface area (Å²) in [7, 11) is 0. The lowest BCUT2D eigenvalue weighted by Crippen LogP contribution is -2.52. The van der Waals surface area contributed by atoms with Gasteiger partial charge in [0.1, 0.15) is 6.04 Å². The molecule has 1 aromatic rings. The Hall–Kier alpha value is -2.05. The van der Waals surface area contributed by atoms with Crippen LogP contribution in [0, 0.1) is 5.92 Å². The predicted molar refractivity (Wildman–Crippen MR) is 61.2 cm³/mol. The number of carboxylic acids is 1.